The lowest BCUT2D eigenvalue weighted by Crippen LogP contribution is -2.29. The van der Waals surface area contributed by atoms with Crippen LogP contribution in [0.15, 0.2) is 36.5 Å². The van der Waals surface area contributed by atoms with E-state index in [1.807, 2.05) is 0 Å². The molecule has 0 unspecified atom stereocenters. The highest BCUT2D eigenvalue weighted by Gasteiger charge is 2.18. The Morgan fingerprint density at radius 2 is 2.32 bits per heavy atom. The summed E-state index contributed by atoms with van der Waals surface area (Å²) in [6, 6.07) is 7.44. The third-order valence-electron chi connectivity index (χ3n) is 3.89. The molecule has 1 aromatic heterocycles. The van der Waals surface area contributed by atoms with Crippen molar-refractivity contribution < 1.29 is 18.7 Å². The fourth-order valence-electron chi connectivity index (χ4n) is 2.60. The third-order valence-corrected chi connectivity index (χ3v) is 3.89. The first-order chi connectivity index (χ1) is 12.2. The van der Waals surface area contributed by atoms with E-state index >= 15 is 0 Å². The van der Waals surface area contributed by atoms with E-state index in [1.54, 1.807) is 18.3 Å². The summed E-state index contributed by atoms with van der Waals surface area (Å²) in [5, 5.41) is 2.73. The van der Waals surface area contributed by atoms with Gasteiger partial charge in [-0.3, -0.25) is 4.79 Å². The number of nitrogens with zero attached hydrogens (tertiary/aromatic N) is 2. The molecule has 6 nitrogen and oxygen atoms in total. The molecule has 1 aromatic carbocycles. The van der Waals surface area contributed by atoms with Gasteiger partial charge in [-0.25, -0.2) is 14.4 Å². The van der Waals surface area contributed by atoms with Gasteiger partial charge in [0.05, 0.1) is 18.8 Å². The zero-order valence-electron chi connectivity index (χ0n) is 13.8. The summed E-state index contributed by atoms with van der Waals surface area (Å²) < 4.78 is 23.8. The molecule has 1 amide bonds. The van der Waals surface area contributed by atoms with Gasteiger partial charge in [0, 0.05) is 24.8 Å². The maximum absolute atomic E-state index is 13.0. The Morgan fingerprint density at radius 1 is 1.40 bits per heavy atom. The molecular weight excluding hydrogens is 325 g/mol. The number of aromatic nitrogens is 2. The second kappa shape index (κ2) is 8.53. The van der Waals surface area contributed by atoms with E-state index < -0.39 is 5.82 Å². The number of carbonyl (C=O) groups is 1. The molecule has 0 aliphatic carbocycles. The quantitative estimate of drug-likeness (QED) is 0.869. The van der Waals surface area contributed by atoms with Gasteiger partial charge in [0.25, 0.3) is 5.91 Å². The Hall–Kier alpha value is -2.54. The van der Waals surface area contributed by atoms with Crippen LogP contribution >= 0.6 is 0 Å². The number of halogens is 1. The fraction of sp³-hybridized carbons (Fsp3) is 0.389. The van der Waals surface area contributed by atoms with E-state index in [0.29, 0.717) is 12.4 Å². The van der Waals surface area contributed by atoms with Crippen molar-refractivity contribution in [2.24, 2.45) is 0 Å². The molecule has 0 bridgehead atoms. The van der Waals surface area contributed by atoms with Crippen molar-refractivity contribution in [2.45, 2.75) is 25.3 Å². The number of hydrogen-bond acceptors (Lipinski definition) is 5. The van der Waals surface area contributed by atoms with Gasteiger partial charge in [-0.05, 0) is 31.0 Å². The smallest absolute Gasteiger partial charge is 0.258 e. The Kier molecular flexibility index (Phi) is 5.90. The Balaban J connectivity index is 1.48. The highest BCUT2D eigenvalue weighted by molar-refractivity contribution is 5.77. The van der Waals surface area contributed by atoms with Crippen LogP contribution in [0.4, 0.5) is 4.39 Å². The Labute approximate surface area is 145 Å². The van der Waals surface area contributed by atoms with Crippen LogP contribution in [0.3, 0.4) is 0 Å². The van der Waals surface area contributed by atoms with Gasteiger partial charge < -0.3 is 14.8 Å². The molecule has 25 heavy (non-hydrogen) atoms. The second-order valence-corrected chi connectivity index (χ2v) is 5.84. The summed E-state index contributed by atoms with van der Waals surface area (Å²) >= 11 is 0. The van der Waals surface area contributed by atoms with Crippen LogP contribution < -0.4 is 10.1 Å². The maximum atomic E-state index is 13.0. The molecule has 132 valence electrons. The molecule has 7 heteroatoms. The first-order valence-electron chi connectivity index (χ1n) is 8.25. The number of hydrogen-bond donors (Lipinski definition) is 1. The summed E-state index contributed by atoms with van der Waals surface area (Å²) in [4.78, 5) is 20.7. The molecular formula is C18H20FN3O3. The number of carbonyl (C=O) groups excluding carboxylic acids is 1. The van der Waals surface area contributed by atoms with Crippen molar-refractivity contribution in [1.29, 1.82) is 0 Å². The summed E-state index contributed by atoms with van der Waals surface area (Å²) in [5.74, 6) is 0.573. The van der Waals surface area contributed by atoms with Crippen molar-refractivity contribution in [3.05, 3.63) is 53.9 Å². The predicted molar refractivity (Wildman–Crippen MR) is 88.6 cm³/mol. The first-order valence-corrected chi connectivity index (χ1v) is 8.25. The molecule has 1 atom stereocenters. The molecule has 1 aliphatic rings. The van der Waals surface area contributed by atoms with E-state index in [0.717, 1.165) is 31.0 Å². The SMILES string of the molecule is O=C(COc1cccc(F)c1)NCc1ccnc([C@@H]2CCCOC2)n1. The average Bonchev–Trinajstić information content (AvgIpc) is 2.66. The van der Waals surface area contributed by atoms with Crippen LogP contribution in [0.2, 0.25) is 0 Å². The summed E-state index contributed by atoms with van der Waals surface area (Å²) in [6.07, 6.45) is 3.71. The molecule has 0 spiro atoms. The third kappa shape index (κ3) is 5.22. The molecule has 0 radical (unpaired) electrons. The minimum Gasteiger partial charge on any atom is -0.484 e. The van der Waals surface area contributed by atoms with Crippen molar-refractivity contribution in [3.8, 4) is 5.75 Å². The summed E-state index contributed by atoms with van der Waals surface area (Å²) in [6.45, 7) is 1.53. The van der Waals surface area contributed by atoms with E-state index in [9.17, 15) is 9.18 Å². The number of nitrogens with one attached hydrogen (secondary N) is 1. The lowest BCUT2D eigenvalue weighted by molar-refractivity contribution is -0.123. The van der Waals surface area contributed by atoms with E-state index in [4.69, 9.17) is 9.47 Å². The van der Waals surface area contributed by atoms with Crippen molar-refractivity contribution in [1.82, 2.24) is 15.3 Å². The molecule has 3 rings (SSSR count). The number of rotatable bonds is 6. The second-order valence-electron chi connectivity index (χ2n) is 5.84. The predicted octanol–water partition coefficient (Wildman–Crippen LogP) is 2.20. The molecule has 2 heterocycles. The van der Waals surface area contributed by atoms with Crippen molar-refractivity contribution >= 4 is 5.91 Å². The van der Waals surface area contributed by atoms with Gasteiger partial charge in [0.1, 0.15) is 17.4 Å². The Morgan fingerprint density at radius 3 is 3.12 bits per heavy atom. The summed E-state index contributed by atoms with van der Waals surface area (Å²) in [7, 11) is 0. The highest BCUT2D eigenvalue weighted by Crippen LogP contribution is 2.22. The summed E-state index contributed by atoms with van der Waals surface area (Å²) in [5.41, 5.74) is 0.731. The van der Waals surface area contributed by atoms with Gasteiger partial charge in [0.2, 0.25) is 0 Å². The molecule has 1 aliphatic heterocycles. The molecule has 0 saturated carbocycles. The van der Waals surface area contributed by atoms with Crippen LogP contribution in [0.25, 0.3) is 0 Å². The Bertz CT molecular complexity index is 720. The lowest BCUT2D eigenvalue weighted by Gasteiger charge is -2.20. The van der Waals surface area contributed by atoms with Crippen LogP contribution in [-0.2, 0) is 16.1 Å². The van der Waals surface area contributed by atoms with Crippen LogP contribution in [0.5, 0.6) is 5.75 Å². The van der Waals surface area contributed by atoms with Gasteiger partial charge in [-0.1, -0.05) is 6.07 Å². The molecule has 1 saturated heterocycles. The number of amides is 1. The minimum atomic E-state index is -0.405. The zero-order valence-corrected chi connectivity index (χ0v) is 13.8. The minimum absolute atomic E-state index is 0.183. The molecule has 1 N–H and O–H groups in total. The highest BCUT2D eigenvalue weighted by atomic mass is 19.1. The van der Waals surface area contributed by atoms with Gasteiger partial charge in [-0.15, -0.1) is 0 Å². The van der Waals surface area contributed by atoms with E-state index in [2.05, 4.69) is 15.3 Å². The molecule has 1 fully saturated rings. The number of benzene rings is 1. The van der Waals surface area contributed by atoms with Gasteiger partial charge in [0.15, 0.2) is 6.61 Å². The van der Waals surface area contributed by atoms with E-state index in [-0.39, 0.29) is 25.0 Å². The largest absolute Gasteiger partial charge is 0.484 e. The van der Waals surface area contributed by atoms with Crippen molar-refractivity contribution in [3.63, 3.8) is 0 Å². The van der Waals surface area contributed by atoms with E-state index in [1.165, 1.54) is 18.2 Å². The van der Waals surface area contributed by atoms with Crippen LogP contribution in [-0.4, -0.2) is 35.7 Å². The van der Waals surface area contributed by atoms with Crippen LogP contribution in [0, 0.1) is 5.82 Å². The van der Waals surface area contributed by atoms with Crippen LogP contribution in [0.1, 0.15) is 30.3 Å². The van der Waals surface area contributed by atoms with Gasteiger partial charge in [-0.2, -0.15) is 0 Å². The van der Waals surface area contributed by atoms with Crippen molar-refractivity contribution in [2.75, 3.05) is 19.8 Å². The molecule has 2 aromatic rings. The lowest BCUT2D eigenvalue weighted by atomic mass is 10.0. The maximum Gasteiger partial charge on any atom is 0.258 e. The zero-order chi connectivity index (χ0) is 17.5. The normalized spacial score (nSPS) is 17.1. The first kappa shape index (κ1) is 17.3. The fourth-order valence-corrected chi connectivity index (χ4v) is 2.60. The standard InChI is InChI=1S/C18H20FN3O3/c19-14-4-1-5-16(9-14)25-12-17(23)21-10-15-6-7-20-18(22-15)13-3-2-8-24-11-13/h1,4-7,9,13H,2-3,8,10-12H2,(H,21,23)/t13-/m1/s1. The number of ether oxygens (including phenoxy) is 2. The topological polar surface area (TPSA) is 73.3 Å². The monoisotopic (exact) mass is 345 g/mol. The average molecular weight is 345 g/mol. The van der Waals surface area contributed by atoms with Gasteiger partial charge >= 0.3 is 0 Å².